The number of aromatic nitrogens is 2. The van der Waals surface area contributed by atoms with Crippen molar-refractivity contribution in [2.45, 2.75) is 65.0 Å². The molecule has 0 amide bonds. The van der Waals surface area contributed by atoms with E-state index < -0.39 is 6.10 Å². The summed E-state index contributed by atoms with van der Waals surface area (Å²) in [6, 6.07) is 0.225. The average Bonchev–Trinajstić information content (AvgIpc) is 2.80. The molecule has 1 aliphatic rings. The lowest BCUT2D eigenvalue weighted by molar-refractivity contribution is 0.0598. The van der Waals surface area contributed by atoms with Crippen molar-refractivity contribution in [3.63, 3.8) is 0 Å². The van der Waals surface area contributed by atoms with Gasteiger partial charge in [0.15, 0.2) is 0 Å². The third-order valence-corrected chi connectivity index (χ3v) is 4.69. The normalized spacial score (nSPS) is 25.8. The Morgan fingerprint density at radius 2 is 2.21 bits per heavy atom. The van der Waals surface area contributed by atoms with Crippen molar-refractivity contribution in [2.24, 2.45) is 11.8 Å². The first-order valence-electron chi connectivity index (χ1n) is 7.45. The lowest BCUT2D eigenvalue weighted by Gasteiger charge is -2.32. The van der Waals surface area contributed by atoms with E-state index >= 15 is 0 Å². The summed E-state index contributed by atoms with van der Waals surface area (Å²) >= 11 is 6.23. The van der Waals surface area contributed by atoms with E-state index in [0.29, 0.717) is 10.9 Å². The summed E-state index contributed by atoms with van der Waals surface area (Å²) in [7, 11) is 0. The van der Waals surface area contributed by atoms with Crippen LogP contribution < -0.4 is 0 Å². The molecule has 2 rings (SSSR count). The van der Waals surface area contributed by atoms with Crippen LogP contribution in [0.15, 0.2) is 6.20 Å². The predicted molar refractivity (Wildman–Crippen MR) is 78.3 cm³/mol. The minimum absolute atomic E-state index is 0.225. The summed E-state index contributed by atoms with van der Waals surface area (Å²) in [4.78, 5) is 0. The van der Waals surface area contributed by atoms with Crippen LogP contribution in [0.2, 0.25) is 5.02 Å². The number of halogens is 1. The average molecular weight is 285 g/mol. The molecule has 0 aliphatic heterocycles. The monoisotopic (exact) mass is 284 g/mol. The second-order valence-electron chi connectivity index (χ2n) is 6.06. The van der Waals surface area contributed by atoms with Gasteiger partial charge in [-0.1, -0.05) is 37.8 Å². The van der Waals surface area contributed by atoms with E-state index in [4.69, 9.17) is 11.6 Å². The Hall–Kier alpha value is -0.540. The van der Waals surface area contributed by atoms with Crippen LogP contribution >= 0.6 is 11.6 Å². The second-order valence-corrected chi connectivity index (χ2v) is 6.47. The highest BCUT2D eigenvalue weighted by Gasteiger charge is 2.31. The molecule has 1 saturated carbocycles. The first-order valence-corrected chi connectivity index (χ1v) is 7.83. The predicted octanol–water partition coefficient (Wildman–Crippen LogP) is 4.37. The molecule has 3 nitrogen and oxygen atoms in total. The van der Waals surface area contributed by atoms with Gasteiger partial charge in [-0.05, 0) is 38.5 Å². The number of hydrogen-bond acceptors (Lipinski definition) is 2. The highest BCUT2D eigenvalue weighted by molar-refractivity contribution is 6.31. The molecule has 1 N–H and O–H groups in total. The Kier molecular flexibility index (Phi) is 4.91. The Morgan fingerprint density at radius 1 is 1.47 bits per heavy atom. The van der Waals surface area contributed by atoms with Crippen molar-refractivity contribution >= 4 is 11.6 Å². The summed E-state index contributed by atoms with van der Waals surface area (Å²) in [5.74, 6) is 1.08. The summed E-state index contributed by atoms with van der Waals surface area (Å²) in [5.41, 5.74) is 0.804. The largest absolute Gasteiger partial charge is 0.386 e. The quantitative estimate of drug-likeness (QED) is 0.892. The lowest BCUT2D eigenvalue weighted by atomic mass is 9.77. The second kappa shape index (κ2) is 6.27. The molecular formula is C15H25ClN2O. The molecule has 1 fully saturated rings. The van der Waals surface area contributed by atoms with Crippen molar-refractivity contribution in [3.05, 3.63) is 16.9 Å². The van der Waals surface area contributed by atoms with E-state index in [2.05, 4.69) is 25.9 Å². The number of hydrogen-bond donors (Lipinski definition) is 1. The highest BCUT2D eigenvalue weighted by Crippen LogP contribution is 2.40. The van der Waals surface area contributed by atoms with Gasteiger partial charge < -0.3 is 5.11 Å². The topological polar surface area (TPSA) is 38.1 Å². The van der Waals surface area contributed by atoms with Gasteiger partial charge in [-0.2, -0.15) is 5.10 Å². The maximum absolute atomic E-state index is 10.7. The molecule has 1 aromatic rings. The zero-order chi connectivity index (χ0) is 14.0. The zero-order valence-electron chi connectivity index (χ0n) is 12.1. The fourth-order valence-electron chi connectivity index (χ4n) is 3.25. The molecule has 0 radical (unpaired) electrons. The van der Waals surface area contributed by atoms with Gasteiger partial charge >= 0.3 is 0 Å². The minimum atomic E-state index is -0.480. The Morgan fingerprint density at radius 3 is 2.84 bits per heavy atom. The molecule has 1 aromatic heterocycles. The Labute approximate surface area is 121 Å². The van der Waals surface area contributed by atoms with Gasteiger partial charge in [0.25, 0.3) is 0 Å². The van der Waals surface area contributed by atoms with Gasteiger partial charge in [-0.3, -0.25) is 4.68 Å². The molecule has 108 valence electrons. The van der Waals surface area contributed by atoms with Crippen LogP contribution in [0.4, 0.5) is 0 Å². The standard InChI is InChI=1S/C15H25ClN2O/c1-4-11-6-5-7-12(8-11)15(19)14-13(16)9-17-18(14)10(2)3/h9-12,15,19H,4-8H2,1-3H3. The summed E-state index contributed by atoms with van der Waals surface area (Å²) in [6.45, 7) is 6.37. The number of aliphatic hydroxyl groups is 1. The molecule has 0 bridgehead atoms. The zero-order valence-corrected chi connectivity index (χ0v) is 12.9. The van der Waals surface area contributed by atoms with Gasteiger partial charge in [0, 0.05) is 6.04 Å². The first kappa shape index (κ1) is 14.9. The van der Waals surface area contributed by atoms with Crippen molar-refractivity contribution in [2.75, 3.05) is 0 Å². The number of nitrogens with zero attached hydrogens (tertiary/aromatic N) is 2. The van der Waals surface area contributed by atoms with Crippen molar-refractivity contribution in [1.29, 1.82) is 0 Å². The molecule has 1 heterocycles. The molecule has 0 spiro atoms. The van der Waals surface area contributed by atoms with Crippen LogP contribution in [0.3, 0.4) is 0 Å². The van der Waals surface area contributed by atoms with Crippen LogP contribution in [0.25, 0.3) is 0 Å². The van der Waals surface area contributed by atoms with Crippen molar-refractivity contribution < 1.29 is 5.11 Å². The van der Waals surface area contributed by atoms with Crippen LogP contribution in [0, 0.1) is 11.8 Å². The van der Waals surface area contributed by atoms with E-state index in [1.54, 1.807) is 6.20 Å². The molecule has 1 aliphatic carbocycles. The van der Waals surface area contributed by atoms with Crippen LogP contribution in [-0.4, -0.2) is 14.9 Å². The minimum Gasteiger partial charge on any atom is -0.386 e. The Balaban J connectivity index is 2.19. The van der Waals surface area contributed by atoms with Gasteiger partial charge in [-0.25, -0.2) is 0 Å². The maximum atomic E-state index is 10.7. The lowest BCUT2D eigenvalue weighted by Crippen LogP contribution is -2.24. The molecule has 3 unspecified atom stereocenters. The summed E-state index contributed by atoms with van der Waals surface area (Å²) in [6.07, 6.45) is 7.10. The number of rotatable bonds is 4. The van der Waals surface area contributed by atoms with Crippen molar-refractivity contribution in [1.82, 2.24) is 9.78 Å². The molecule has 0 aromatic carbocycles. The van der Waals surface area contributed by atoms with Gasteiger partial charge in [-0.15, -0.1) is 0 Å². The maximum Gasteiger partial charge on any atom is 0.1000 e. The fourth-order valence-corrected chi connectivity index (χ4v) is 3.49. The summed E-state index contributed by atoms with van der Waals surface area (Å²) in [5, 5.41) is 15.6. The SMILES string of the molecule is CCC1CCCC(C(O)c2c(Cl)cnn2C(C)C)C1. The van der Waals surface area contributed by atoms with E-state index in [0.717, 1.165) is 24.5 Å². The third-order valence-electron chi connectivity index (χ3n) is 4.40. The van der Waals surface area contributed by atoms with Gasteiger partial charge in [0.05, 0.1) is 23.0 Å². The molecule has 4 heteroatoms. The fraction of sp³-hybridized carbons (Fsp3) is 0.800. The third kappa shape index (κ3) is 3.14. The van der Waals surface area contributed by atoms with E-state index in [1.165, 1.54) is 19.3 Å². The van der Waals surface area contributed by atoms with Crippen LogP contribution in [0.1, 0.15) is 70.7 Å². The van der Waals surface area contributed by atoms with Crippen molar-refractivity contribution in [3.8, 4) is 0 Å². The smallest absolute Gasteiger partial charge is 0.1000 e. The van der Waals surface area contributed by atoms with Gasteiger partial charge in [0.2, 0.25) is 0 Å². The Bertz CT molecular complexity index is 416. The highest BCUT2D eigenvalue weighted by atomic mass is 35.5. The van der Waals surface area contributed by atoms with E-state index in [-0.39, 0.29) is 6.04 Å². The molecule has 19 heavy (non-hydrogen) atoms. The van der Waals surface area contributed by atoms with Crippen LogP contribution in [-0.2, 0) is 0 Å². The van der Waals surface area contributed by atoms with E-state index in [1.807, 2.05) is 4.68 Å². The van der Waals surface area contributed by atoms with E-state index in [9.17, 15) is 5.11 Å². The molecule has 3 atom stereocenters. The molecular weight excluding hydrogens is 260 g/mol. The summed E-state index contributed by atoms with van der Waals surface area (Å²) < 4.78 is 1.86. The first-order chi connectivity index (χ1) is 9.04. The molecule has 0 saturated heterocycles. The number of aliphatic hydroxyl groups excluding tert-OH is 1. The van der Waals surface area contributed by atoms with Crippen LogP contribution in [0.5, 0.6) is 0 Å². The van der Waals surface area contributed by atoms with Gasteiger partial charge in [0.1, 0.15) is 0 Å².